The number of halogens is 1. The quantitative estimate of drug-likeness (QED) is 0.876. The Bertz CT molecular complexity index is 638. The number of hydrogen-bond acceptors (Lipinski definition) is 2. The highest BCUT2D eigenvalue weighted by molar-refractivity contribution is 5.94. The van der Waals surface area contributed by atoms with Crippen molar-refractivity contribution < 1.29 is 9.18 Å². The van der Waals surface area contributed by atoms with Crippen LogP contribution in [0.1, 0.15) is 28.4 Å². The Morgan fingerprint density at radius 3 is 2.48 bits per heavy atom. The summed E-state index contributed by atoms with van der Waals surface area (Å²) in [7, 11) is 0. The molecule has 2 rings (SSSR count). The molecule has 0 aliphatic heterocycles. The third-order valence-electron chi connectivity index (χ3n) is 3.37. The summed E-state index contributed by atoms with van der Waals surface area (Å²) >= 11 is 0. The third kappa shape index (κ3) is 3.60. The van der Waals surface area contributed by atoms with Gasteiger partial charge in [-0.25, -0.2) is 4.39 Å². The summed E-state index contributed by atoms with van der Waals surface area (Å²) in [5.41, 5.74) is 8.27. The van der Waals surface area contributed by atoms with Crippen LogP contribution in [-0.2, 0) is 6.54 Å². The fourth-order valence-corrected chi connectivity index (χ4v) is 2.14. The molecule has 3 nitrogen and oxygen atoms in total. The van der Waals surface area contributed by atoms with Gasteiger partial charge in [0.05, 0.1) is 5.56 Å². The molecule has 0 radical (unpaired) electrons. The van der Waals surface area contributed by atoms with Crippen LogP contribution in [-0.4, -0.2) is 17.4 Å². The molecule has 4 heteroatoms. The van der Waals surface area contributed by atoms with E-state index in [0.29, 0.717) is 18.8 Å². The Morgan fingerprint density at radius 1 is 1.19 bits per heavy atom. The Hall–Kier alpha value is -2.36. The average Bonchev–Trinajstić information content (AvgIpc) is 2.48. The number of hydrogen-bond donors (Lipinski definition) is 1. The molecule has 2 aromatic carbocycles. The number of carbonyl (C=O) groups excluding carboxylic acids is 1. The SMILES string of the molecule is CCN(Cc1ccc(N)cc1)C(=O)c1cc(C)ccc1F. The van der Waals surface area contributed by atoms with Crippen LogP contribution in [0.2, 0.25) is 0 Å². The minimum atomic E-state index is -0.485. The van der Waals surface area contributed by atoms with Crippen molar-refractivity contribution in [3.05, 3.63) is 65.0 Å². The van der Waals surface area contributed by atoms with E-state index in [1.807, 2.05) is 26.0 Å². The van der Waals surface area contributed by atoms with Gasteiger partial charge in [0, 0.05) is 18.8 Å². The van der Waals surface area contributed by atoms with Crippen LogP contribution in [0.4, 0.5) is 10.1 Å². The van der Waals surface area contributed by atoms with E-state index in [9.17, 15) is 9.18 Å². The zero-order valence-corrected chi connectivity index (χ0v) is 12.3. The predicted octanol–water partition coefficient (Wildman–Crippen LogP) is 3.38. The van der Waals surface area contributed by atoms with Crippen LogP contribution >= 0.6 is 0 Å². The summed E-state index contributed by atoms with van der Waals surface area (Å²) in [6.45, 7) is 4.66. The Balaban J connectivity index is 2.22. The predicted molar refractivity (Wildman–Crippen MR) is 82.4 cm³/mol. The van der Waals surface area contributed by atoms with Crippen molar-refractivity contribution in [2.75, 3.05) is 12.3 Å². The normalized spacial score (nSPS) is 10.4. The second kappa shape index (κ2) is 6.39. The van der Waals surface area contributed by atoms with Crippen molar-refractivity contribution in [2.24, 2.45) is 0 Å². The lowest BCUT2D eigenvalue weighted by molar-refractivity contribution is 0.0748. The Kier molecular flexibility index (Phi) is 4.58. The minimum absolute atomic E-state index is 0.118. The average molecular weight is 286 g/mol. The lowest BCUT2D eigenvalue weighted by Gasteiger charge is -2.21. The molecule has 0 saturated heterocycles. The summed E-state index contributed by atoms with van der Waals surface area (Å²) in [6, 6.07) is 11.9. The molecule has 0 saturated carbocycles. The van der Waals surface area contributed by atoms with Crippen LogP contribution in [0, 0.1) is 12.7 Å². The first-order chi connectivity index (χ1) is 10.0. The van der Waals surface area contributed by atoms with Crippen molar-refractivity contribution in [2.45, 2.75) is 20.4 Å². The molecule has 0 fully saturated rings. The van der Waals surface area contributed by atoms with E-state index in [2.05, 4.69) is 0 Å². The maximum atomic E-state index is 13.8. The molecule has 2 N–H and O–H groups in total. The van der Waals surface area contributed by atoms with Crippen LogP contribution in [0.5, 0.6) is 0 Å². The molecule has 0 aliphatic rings. The van der Waals surface area contributed by atoms with Crippen molar-refractivity contribution in [1.29, 1.82) is 0 Å². The lowest BCUT2D eigenvalue weighted by atomic mass is 10.1. The number of nitrogens with two attached hydrogens (primary N) is 1. The van der Waals surface area contributed by atoms with Crippen LogP contribution < -0.4 is 5.73 Å². The van der Waals surface area contributed by atoms with E-state index < -0.39 is 5.82 Å². The number of rotatable bonds is 4. The van der Waals surface area contributed by atoms with Gasteiger partial charge in [0.25, 0.3) is 5.91 Å². The maximum absolute atomic E-state index is 13.8. The van der Waals surface area contributed by atoms with Gasteiger partial charge in [0.1, 0.15) is 5.82 Å². The maximum Gasteiger partial charge on any atom is 0.257 e. The first-order valence-electron chi connectivity index (χ1n) is 6.91. The number of benzene rings is 2. The van der Waals surface area contributed by atoms with Crippen molar-refractivity contribution in [1.82, 2.24) is 4.90 Å². The van der Waals surface area contributed by atoms with E-state index in [-0.39, 0.29) is 11.5 Å². The highest BCUT2D eigenvalue weighted by atomic mass is 19.1. The Labute approximate surface area is 124 Å². The molecule has 0 atom stereocenters. The highest BCUT2D eigenvalue weighted by Gasteiger charge is 2.18. The summed E-state index contributed by atoms with van der Waals surface area (Å²) in [5, 5.41) is 0. The summed E-state index contributed by atoms with van der Waals surface area (Å²) in [5.74, 6) is -0.781. The zero-order valence-electron chi connectivity index (χ0n) is 12.3. The molecular weight excluding hydrogens is 267 g/mol. The molecular formula is C17H19FN2O. The number of nitrogen functional groups attached to an aromatic ring is 1. The van der Waals surface area contributed by atoms with Gasteiger partial charge in [0.2, 0.25) is 0 Å². The van der Waals surface area contributed by atoms with Gasteiger partial charge >= 0.3 is 0 Å². The van der Waals surface area contributed by atoms with Gasteiger partial charge in [-0.3, -0.25) is 4.79 Å². The molecule has 0 aliphatic carbocycles. The number of anilines is 1. The number of nitrogens with zero attached hydrogens (tertiary/aromatic N) is 1. The number of carbonyl (C=O) groups is 1. The van der Waals surface area contributed by atoms with Crippen LogP contribution in [0.15, 0.2) is 42.5 Å². The summed E-state index contributed by atoms with van der Waals surface area (Å²) < 4.78 is 13.8. The fraction of sp³-hybridized carbons (Fsp3) is 0.235. The van der Waals surface area contributed by atoms with Crippen molar-refractivity contribution in [3.63, 3.8) is 0 Å². The zero-order chi connectivity index (χ0) is 15.4. The monoisotopic (exact) mass is 286 g/mol. The second-order valence-corrected chi connectivity index (χ2v) is 5.04. The van der Waals surface area contributed by atoms with Gasteiger partial charge in [-0.05, 0) is 43.7 Å². The minimum Gasteiger partial charge on any atom is -0.399 e. The molecule has 110 valence electrons. The van der Waals surface area contributed by atoms with E-state index >= 15 is 0 Å². The van der Waals surface area contributed by atoms with E-state index in [4.69, 9.17) is 5.73 Å². The van der Waals surface area contributed by atoms with E-state index in [1.54, 1.807) is 29.2 Å². The molecule has 2 aromatic rings. The van der Waals surface area contributed by atoms with Crippen molar-refractivity contribution in [3.8, 4) is 0 Å². The molecule has 0 aromatic heterocycles. The molecule has 0 spiro atoms. The van der Waals surface area contributed by atoms with Crippen LogP contribution in [0.25, 0.3) is 0 Å². The summed E-state index contributed by atoms with van der Waals surface area (Å²) in [6.07, 6.45) is 0. The molecule has 0 heterocycles. The lowest BCUT2D eigenvalue weighted by Crippen LogP contribution is -2.31. The largest absolute Gasteiger partial charge is 0.399 e. The van der Waals surface area contributed by atoms with Gasteiger partial charge in [-0.1, -0.05) is 23.8 Å². The third-order valence-corrected chi connectivity index (χ3v) is 3.37. The molecule has 0 bridgehead atoms. The Morgan fingerprint density at radius 2 is 1.86 bits per heavy atom. The second-order valence-electron chi connectivity index (χ2n) is 5.04. The fourth-order valence-electron chi connectivity index (χ4n) is 2.14. The molecule has 0 unspecified atom stereocenters. The topological polar surface area (TPSA) is 46.3 Å². The number of aryl methyl sites for hydroxylation is 1. The van der Waals surface area contributed by atoms with Gasteiger partial charge in [-0.15, -0.1) is 0 Å². The van der Waals surface area contributed by atoms with Gasteiger partial charge in [0.15, 0.2) is 0 Å². The van der Waals surface area contributed by atoms with Crippen molar-refractivity contribution >= 4 is 11.6 Å². The smallest absolute Gasteiger partial charge is 0.257 e. The first-order valence-corrected chi connectivity index (χ1v) is 6.91. The van der Waals surface area contributed by atoms with Gasteiger partial charge < -0.3 is 10.6 Å². The van der Waals surface area contributed by atoms with E-state index in [1.165, 1.54) is 6.07 Å². The molecule has 21 heavy (non-hydrogen) atoms. The molecule has 1 amide bonds. The first kappa shape index (κ1) is 15.0. The highest BCUT2D eigenvalue weighted by Crippen LogP contribution is 2.15. The van der Waals surface area contributed by atoms with E-state index in [0.717, 1.165) is 11.1 Å². The van der Waals surface area contributed by atoms with Crippen LogP contribution in [0.3, 0.4) is 0 Å². The summed E-state index contributed by atoms with van der Waals surface area (Å²) in [4.78, 5) is 14.1. The van der Waals surface area contributed by atoms with Gasteiger partial charge in [-0.2, -0.15) is 0 Å². The number of amides is 1. The standard InChI is InChI=1S/C17H19FN2O/c1-3-20(11-13-5-7-14(19)8-6-13)17(21)15-10-12(2)4-9-16(15)18/h4-10H,3,11,19H2,1-2H3.